The maximum Gasteiger partial charge on any atom is 0.255 e. The maximum atomic E-state index is 11.0. The van der Waals surface area contributed by atoms with E-state index in [1.165, 1.54) is 11.3 Å². The van der Waals surface area contributed by atoms with Gasteiger partial charge in [0.05, 0.1) is 5.00 Å². The lowest BCUT2D eigenvalue weighted by atomic mass is 10.3. The molecule has 1 rings (SSSR count). The van der Waals surface area contributed by atoms with Gasteiger partial charge in [-0.2, -0.15) is 0 Å². The first-order valence-electron chi connectivity index (χ1n) is 3.46. The molecule has 4 N–H and O–H groups in total. The monoisotopic (exact) mass is 186 g/mol. The van der Waals surface area contributed by atoms with Crippen LogP contribution in [-0.4, -0.2) is 23.7 Å². The molecule has 0 aliphatic heterocycles. The zero-order valence-corrected chi connectivity index (χ0v) is 7.17. The molecule has 0 aromatic carbocycles. The average Bonchev–Trinajstić information content (AvgIpc) is 2.55. The Balaban J connectivity index is 2.47. The van der Waals surface area contributed by atoms with E-state index in [0.717, 1.165) is 0 Å². The van der Waals surface area contributed by atoms with E-state index < -0.39 is 12.0 Å². The number of aliphatic hydroxyl groups is 1. The zero-order valence-electron chi connectivity index (χ0n) is 6.36. The minimum absolute atomic E-state index is 0.0583. The molecule has 0 fully saturated rings. The number of carbonyl (C=O) groups is 1. The summed E-state index contributed by atoms with van der Waals surface area (Å²) in [5.41, 5.74) is 5.09. The number of anilines is 1. The fraction of sp³-hybridized carbons (Fsp3) is 0.286. The molecule has 0 saturated heterocycles. The van der Waals surface area contributed by atoms with Gasteiger partial charge in [0.1, 0.15) is 6.10 Å². The number of hydrogen-bond donors (Lipinski definition) is 3. The molecule has 66 valence electrons. The van der Waals surface area contributed by atoms with Gasteiger partial charge in [-0.05, 0) is 17.5 Å². The lowest BCUT2D eigenvalue weighted by Gasteiger charge is -2.06. The van der Waals surface area contributed by atoms with Crippen molar-refractivity contribution in [3.05, 3.63) is 17.5 Å². The van der Waals surface area contributed by atoms with Crippen LogP contribution in [0.4, 0.5) is 5.00 Å². The number of rotatable bonds is 3. The number of thiophene rings is 1. The van der Waals surface area contributed by atoms with Crippen LogP contribution in [-0.2, 0) is 4.79 Å². The smallest absolute Gasteiger partial charge is 0.255 e. The number of carbonyl (C=O) groups excluding carboxylic acids is 1. The molecule has 12 heavy (non-hydrogen) atoms. The van der Waals surface area contributed by atoms with Crippen LogP contribution >= 0.6 is 11.3 Å². The molecule has 0 bridgehead atoms. The van der Waals surface area contributed by atoms with Crippen molar-refractivity contribution < 1.29 is 9.90 Å². The topological polar surface area (TPSA) is 75.3 Å². The first kappa shape index (κ1) is 9.18. The summed E-state index contributed by atoms with van der Waals surface area (Å²) in [6.45, 7) is -0.0583. The molecule has 1 heterocycles. The van der Waals surface area contributed by atoms with Crippen LogP contribution in [0.1, 0.15) is 0 Å². The second-order valence-corrected chi connectivity index (χ2v) is 3.17. The molecule has 0 aliphatic rings. The van der Waals surface area contributed by atoms with Crippen LogP contribution in [0.25, 0.3) is 0 Å². The Morgan fingerprint density at radius 3 is 3.08 bits per heavy atom. The molecular formula is C7H10N2O2S. The van der Waals surface area contributed by atoms with E-state index in [9.17, 15) is 4.79 Å². The minimum atomic E-state index is -1.12. The summed E-state index contributed by atoms with van der Waals surface area (Å²) in [6.07, 6.45) is -1.12. The third-order valence-electron chi connectivity index (χ3n) is 1.29. The van der Waals surface area contributed by atoms with E-state index in [1.807, 2.05) is 11.4 Å². The highest BCUT2D eigenvalue weighted by Gasteiger charge is 2.12. The first-order chi connectivity index (χ1) is 5.74. The predicted octanol–water partition coefficient (Wildman–Crippen LogP) is 0.00620. The fourth-order valence-corrected chi connectivity index (χ4v) is 1.28. The summed E-state index contributed by atoms with van der Waals surface area (Å²) in [6, 6.07) is 3.57. The Morgan fingerprint density at radius 1 is 1.83 bits per heavy atom. The summed E-state index contributed by atoms with van der Waals surface area (Å²) in [5.74, 6) is -0.458. The van der Waals surface area contributed by atoms with Crippen molar-refractivity contribution in [2.45, 2.75) is 6.10 Å². The molecule has 0 spiro atoms. The highest BCUT2D eigenvalue weighted by Crippen LogP contribution is 2.14. The lowest BCUT2D eigenvalue weighted by Crippen LogP contribution is -2.33. The van der Waals surface area contributed by atoms with Crippen molar-refractivity contribution in [1.82, 2.24) is 0 Å². The lowest BCUT2D eigenvalue weighted by molar-refractivity contribution is -0.123. The van der Waals surface area contributed by atoms with Crippen LogP contribution < -0.4 is 11.1 Å². The van der Waals surface area contributed by atoms with Crippen molar-refractivity contribution >= 4 is 22.2 Å². The van der Waals surface area contributed by atoms with Gasteiger partial charge in [0.15, 0.2) is 0 Å². The Bertz CT molecular complexity index is 248. The number of hydrogen-bond acceptors (Lipinski definition) is 4. The van der Waals surface area contributed by atoms with Gasteiger partial charge in [0, 0.05) is 6.54 Å². The van der Waals surface area contributed by atoms with E-state index in [1.54, 1.807) is 6.07 Å². The minimum Gasteiger partial charge on any atom is -0.382 e. The van der Waals surface area contributed by atoms with E-state index in [4.69, 9.17) is 10.8 Å². The summed E-state index contributed by atoms with van der Waals surface area (Å²) >= 11 is 1.40. The first-order valence-corrected chi connectivity index (χ1v) is 4.34. The van der Waals surface area contributed by atoms with Crippen LogP contribution in [0.3, 0.4) is 0 Å². The van der Waals surface area contributed by atoms with E-state index >= 15 is 0 Å². The van der Waals surface area contributed by atoms with Gasteiger partial charge in [-0.25, -0.2) is 0 Å². The molecular weight excluding hydrogens is 176 g/mol. The van der Waals surface area contributed by atoms with Crippen molar-refractivity contribution in [1.29, 1.82) is 0 Å². The average molecular weight is 186 g/mol. The van der Waals surface area contributed by atoms with Gasteiger partial charge in [-0.1, -0.05) is 0 Å². The van der Waals surface area contributed by atoms with Crippen molar-refractivity contribution in [2.75, 3.05) is 11.9 Å². The quantitative estimate of drug-likeness (QED) is 0.622. The standard InChI is InChI=1S/C7H10N2O2S/c8-4-5(10)7(11)9-6-2-1-3-12-6/h1-3,5,10H,4,8H2,(H,9,11). The van der Waals surface area contributed by atoms with Gasteiger partial charge in [0.25, 0.3) is 5.91 Å². The third-order valence-corrected chi connectivity index (χ3v) is 2.08. The number of nitrogens with two attached hydrogens (primary N) is 1. The maximum absolute atomic E-state index is 11.0. The molecule has 1 aromatic rings. The molecule has 0 saturated carbocycles. The van der Waals surface area contributed by atoms with Crippen molar-refractivity contribution in [3.63, 3.8) is 0 Å². The summed E-state index contributed by atoms with van der Waals surface area (Å²) in [4.78, 5) is 11.0. The number of aliphatic hydroxyl groups excluding tert-OH is 1. The van der Waals surface area contributed by atoms with Gasteiger partial charge in [0.2, 0.25) is 0 Å². The third kappa shape index (κ3) is 2.30. The van der Waals surface area contributed by atoms with Crippen molar-refractivity contribution in [2.24, 2.45) is 5.73 Å². The SMILES string of the molecule is NCC(O)C(=O)Nc1cccs1. The van der Waals surface area contributed by atoms with Gasteiger partial charge < -0.3 is 16.2 Å². The van der Waals surface area contributed by atoms with Gasteiger partial charge >= 0.3 is 0 Å². The molecule has 0 radical (unpaired) electrons. The Morgan fingerprint density at radius 2 is 2.58 bits per heavy atom. The van der Waals surface area contributed by atoms with Crippen LogP contribution in [0, 0.1) is 0 Å². The Labute approximate surface area is 74.0 Å². The molecule has 1 atom stereocenters. The summed E-state index contributed by atoms with van der Waals surface area (Å²) in [5, 5.41) is 14.1. The Hall–Kier alpha value is -0.910. The molecule has 1 amide bonds. The normalized spacial score (nSPS) is 12.5. The van der Waals surface area contributed by atoms with Crippen LogP contribution in [0.15, 0.2) is 17.5 Å². The summed E-state index contributed by atoms with van der Waals surface area (Å²) < 4.78 is 0. The predicted molar refractivity (Wildman–Crippen MR) is 48.0 cm³/mol. The zero-order chi connectivity index (χ0) is 8.97. The second kappa shape index (κ2) is 4.20. The molecule has 4 nitrogen and oxygen atoms in total. The highest BCUT2D eigenvalue weighted by molar-refractivity contribution is 7.14. The van der Waals surface area contributed by atoms with E-state index in [2.05, 4.69) is 5.32 Å². The summed E-state index contributed by atoms with van der Waals surface area (Å²) in [7, 11) is 0. The number of amides is 1. The number of nitrogens with one attached hydrogen (secondary N) is 1. The molecule has 0 aliphatic carbocycles. The van der Waals surface area contributed by atoms with Crippen LogP contribution in [0.2, 0.25) is 0 Å². The molecule has 5 heteroatoms. The fourth-order valence-electron chi connectivity index (χ4n) is 0.661. The molecule has 1 aromatic heterocycles. The van der Waals surface area contributed by atoms with Crippen LogP contribution in [0.5, 0.6) is 0 Å². The van der Waals surface area contributed by atoms with Gasteiger partial charge in [-0.3, -0.25) is 4.79 Å². The van der Waals surface area contributed by atoms with E-state index in [-0.39, 0.29) is 6.54 Å². The second-order valence-electron chi connectivity index (χ2n) is 2.22. The van der Waals surface area contributed by atoms with Gasteiger partial charge in [-0.15, -0.1) is 11.3 Å². The molecule has 1 unspecified atom stereocenters. The Kier molecular flexibility index (Phi) is 3.21. The van der Waals surface area contributed by atoms with Crippen molar-refractivity contribution in [3.8, 4) is 0 Å². The van der Waals surface area contributed by atoms with E-state index in [0.29, 0.717) is 5.00 Å². The largest absolute Gasteiger partial charge is 0.382 e. The highest BCUT2D eigenvalue weighted by atomic mass is 32.1.